The minimum atomic E-state index is 0.605. The lowest BCUT2D eigenvalue weighted by atomic mass is 10.0. The summed E-state index contributed by atoms with van der Waals surface area (Å²) in [5, 5.41) is 3.40. The van der Waals surface area contributed by atoms with Crippen molar-refractivity contribution in [1.29, 1.82) is 0 Å². The molecule has 4 rings (SSSR count). The number of nitrogen functional groups attached to an aromatic ring is 1. The van der Waals surface area contributed by atoms with Crippen LogP contribution in [0.2, 0.25) is 0 Å². The van der Waals surface area contributed by atoms with E-state index in [1.807, 2.05) is 6.07 Å². The van der Waals surface area contributed by atoms with Crippen LogP contribution in [0, 0.1) is 0 Å². The number of rotatable bonds is 2. The molecule has 0 amide bonds. The fourth-order valence-electron chi connectivity index (χ4n) is 2.74. The summed E-state index contributed by atoms with van der Waals surface area (Å²) in [7, 11) is 0. The summed E-state index contributed by atoms with van der Waals surface area (Å²) >= 11 is 3.64. The van der Waals surface area contributed by atoms with Crippen molar-refractivity contribution in [2.24, 2.45) is 5.84 Å². The number of pyridine rings is 1. The normalized spacial score (nSPS) is 14.9. The molecule has 0 spiro atoms. The Morgan fingerprint density at radius 3 is 2.55 bits per heavy atom. The molecule has 1 aromatic heterocycles. The Labute approximate surface area is 125 Å². The Morgan fingerprint density at radius 2 is 1.85 bits per heavy atom. The molecular formula is C16H14BrN3. The minimum absolute atomic E-state index is 0.605. The van der Waals surface area contributed by atoms with Crippen LogP contribution in [-0.4, -0.2) is 4.98 Å². The van der Waals surface area contributed by atoms with E-state index in [2.05, 4.69) is 51.7 Å². The van der Waals surface area contributed by atoms with E-state index in [0.717, 1.165) is 32.1 Å². The molecule has 4 heteroatoms. The molecule has 3 N–H and O–H groups in total. The molecule has 1 aliphatic rings. The number of aromatic nitrogens is 1. The molecule has 1 aliphatic carbocycles. The van der Waals surface area contributed by atoms with Crippen LogP contribution in [0.1, 0.15) is 24.5 Å². The van der Waals surface area contributed by atoms with Gasteiger partial charge in [0.1, 0.15) is 0 Å². The Balaban J connectivity index is 2.16. The number of benzene rings is 2. The van der Waals surface area contributed by atoms with Crippen molar-refractivity contribution in [1.82, 2.24) is 4.98 Å². The molecule has 3 aromatic rings. The van der Waals surface area contributed by atoms with E-state index in [0.29, 0.717) is 5.92 Å². The van der Waals surface area contributed by atoms with Crippen molar-refractivity contribution in [2.75, 3.05) is 5.43 Å². The van der Waals surface area contributed by atoms with Crippen LogP contribution in [0.5, 0.6) is 0 Å². The summed E-state index contributed by atoms with van der Waals surface area (Å²) in [4.78, 5) is 4.90. The van der Waals surface area contributed by atoms with Gasteiger partial charge >= 0.3 is 0 Å². The van der Waals surface area contributed by atoms with Crippen LogP contribution >= 0.6 is 15.9 Å². The maximum atomic E-state index is 5.71. The lowest BCUT2D eigenvalue weighted by molar-refractivity contribution is 1.04. The van der Waals surface area contributed by atoms with E-state index in [1.54, 1.807) is 0 Å². The number of anilines is 1. The zero-order valence-corrected chi connectivity index (χ0v) is 12.4. The molecule has 0 unspecified atom stereocenters. The quantitative estimate of drug-likeness (QED) is 0.419. The number of fused-ring (bicyclic) bond motifs is 3. The van der Waals surface area contributed by atoms with Gasteiger partial charge in [-0.1, -0.05) is 40.2 Å². The Kier molecular flexibility index (Phi) is 2.69. The number of halogens is 1. The first-order valence-corrected chi connectivity index (χ1v) is 7.56. The van der Waals surface area contributed by atoms with Crippen molar-refractivity contribution in [2.45, 2.75) is 18.8 Å². The van der Waals surface area contributed by atoms with Crippen molar-refractivity contribution in [3.63, 3.8) is 0 Å². The summed E-state index contributed by atoms with van der Waals surface area (Å²) in [6.07, 6.45) is 2.47. The summed E-state index contributed by atoms with van der Waals surface area (Å²) in [6.45, 7) is 0. The van der Waals surface area contributed by atoms with Gasteiger partial charge in [0.15, 0.2) is 0 Å². The van der Waals surface area contributed by atoms with Gasteiger partial charge in [0.05, 0.1) is 11.2 Å². The predicted octanol–water partition coefficient (Wildman–Crippen LogP) is 4.31. The fraction of sp³-hybridized carbons (Fsp3) is 0.188. The molecule has 0 saturated heterocycles. The van der Waals surface area contributed by atoms with Gasteiger partial charge < -0.3 is 5.43 Å². The molecule has 1 fully saturated rings. The summed E-state index contributed by atoms with van der Waals surface area (Å²) < 4.78 is 1.07. The number of hydrogen-bond acceptors (Lipinski definition) is 3. The summed E-state index contributed by atoms with van der Waals surface area (Å²) in [5.41, 5.74) is 5.95. The number of hydrogen-bond donors (Lipinski definition) is 2. The van der Waals surface area contributed by atoms with E-state index >= 15 is 0 Å². The number of nitrogens with one attached hydrogen (secondary N) is 1. The van der Waals surface area contributed by atoms with E-state index in [4.69, 9.17) is 10.8 Å². The first kappa shape index (κ1) is 12.1. The molecule has 0 atom stereocenters. The maximum absolute atomic E-state index is 5.71. The highest BCUT2D eigenvalue weighted by Crippen LogP contribution is 2.42. The third-order valence-corrected chi connectivity index (χ3v) is 4.60. The van der Waals surface area contributed by atoms with Crippen molar-refractivity contribution in [3.8, 4) is 0 Å². The molecule has 20 heavy (non-hydrogen) atoms. The Hall–Kier alpha value is -1.65. The van der Waals surface area contributed by atoms with Crippen molar-refractivity contribution in [3.05, 3.63) is 46.6 Å². The van der Waals surface area contributed by atoms with Crippen LogP contribution in [0.25, 0.3) is 21.7 Å². The SMILES string of the molecule is NNc1cc(C2CC2)nc2c1cc(Br)c1ccccc12. The molecular weight excluding hydrogens is 314 g/mol. The Bertz CT molecular complexity index is 825. The molecule has 0 bridgehead atoms. The second-order valence-corrected chi connectivity index (χ2v) is 6.17. The van der Waals surface area contributed by atoms with Crippen molar-refractivity contribution >= 4 is 43.3 Å². The van der Waals surface area contributed by atoms with Crippen LogP contribution < -0.4 is 11.3 Å². The van der Waals surface area contributed by atoms with Crippen molar-refractivity contribution < 1.29 is 0 Å². The van der Waals surface area contributed by atoms with Gasteiger partial charge in [-0.05, 0) is 30.4 Å². The van der Waals surface area contributed by atoms with Gasteiger partial charge in [-0.2, -0.15) is 0 Å². The molecule has 1 saturated carbocycles. The topological polar surface area (TPSA) is 50.9 Å². The molecule has 3 nitrogen and oxygen atoms in total. The highest BCUT2D eigenvalue weighted by atomic mass is 79.9. The first-order valence-electron chi connectivity index (χ1n) is 6.76. The number of nitrogens with zero attached hydrogens (tertiary/aromatic N) is 1. The molecule has 0 aliphatic heterocycles. The number of nitrogens with two attached hydrogens (primary N) is 1. The van der Waals surface area contributed by atoms with E-state index in [9.17, 15) is 0 Å². The van der Waals surface area contributed by atoms with Crippen LogP contribution in [0.15, 0.2) is 40.9 Å². The lowest BCUT2D eigenvalue weighted by Gasteiger charge is -2.12. The van der Waals surface area contributed by atoms with Gasteiger partial charge in [0.25, 0.3) is 0 Å². The second-order valence-electron chi connectivity index (χ2n) is 5.31. The summed E-state index contributed by atoms with van der Waals surface area (Å²) in [5.74, 6) is 6.31. The van der Waals surface area contributed by atoms with Crippen LogP contribution in [0.4, 0.5) is 5.69 Å². The fourth-order valence-corrected chi connectivity index (χ4v) is 3.31. The molecule has 100 valence electrons. The second kappa shape index (κ2) is 4.43. The van der Waals surface area contributed by atoms with E-state index < -0.39 is 0 Å². The maximum Gasteiger partial charge on any atom is 0.0805 e. The first-order chi connectivity index (χ1) is 9.78. The van der Waals surface area contributed by atoms with E-state index in [-0.39, 0.29) is 0 Å². The average molecular weight is 328 g/mol. The average Bonchev–Trinajstić information content (AvgIpc) is 3.31. The molecule has 2 aromatic carbocycles. The minimum Gasteiger partial charge on any atom is -0.323 e. The largest absolute Gasteiger partial charge is 0.323 e. The smallest absolute Gasteiger partial charge is 0.0805 e. The van der Waals surface area contributed by atoms with Gasteiger partial charge in [-0.15, -0.1) is 0 Å². The highest BCUT2D eigenvalue weighted by Gasteiger charge is 2.26. The number of hydrazine groups is 1. The lowest BCUT2D eigenvalue weighted by Crippen LogP contribution is -2.08. The zero-order valence-electron chi connectivity index (χ0n) is 10.9. The van der Waals surface area contributed by atoms with Gasteiger partial charge in [0.2, 0.25) is 0 Å². The van der Waals surface area contributed by atoms with Gasteiger partial charge in [0, 0.05) is 26.9 Å². The molecule has 0 radical (unpaired) electrons. The van der Waals surface area contributed by atoms with Crippen LogP contribution in [0.3, 0.4) is 0 Å². The van der Waals surface area contributed by atoms with Gasteiger partial charge in [-0.3, -0.25) is 10.8 Å². The third-order valence-electron chi connectivity index (χ3n) is 3.94. The zero-order chi connectivity index (χ0) is 13.7. The predicted molar refractivity (Wildman–Crippen MR) is 86.7 cm³/mol. The summed E-state index contributed by atoms with van der Waals surface area (Å²) in [6, 6.07) is 12.5. The third kappa shape index (κ3) is 1.79. The monoisotopic (exact) mass is 327 g/mol. The highest BCUT2D eigenvalue weighted by molar-refractivity contribution is 9.10. The Morgan fingerprint density at radius 1 is 1.10 bits per heavy atom. The van der Waals surface area contributed by atoms with E-state index in [1.165, 1.54) is 18.2 Å². The molecule has 1 heterocycles. The van der Waals surface area contributed by atoms with Crippen LogP contribution in [-0.2, 0) is 0 Å². The van der Waals surface area contributed by atoms with Gasteiger partial charge in [-0.25, -0.2) is 0 Å². The standard InChI is InChI=1S/C16H14BrN3/c17-13-7-12-15(20-18)8-14(9-5-6-9)19-16(12)11-4-2-1-3-10(11)13/h1-4,7-9H,5-6,18H2,(H,19,20).